The van der Waals surface area contributed by atoms with E-state index in [0.717, 1.165) is 5.56 Å². The number of hydrogen-bond acceptors (Lipinski definition) is 8. The third-order valence-electron chi connectivity index (χ3n) is 7.13. The smallest absolute Gasteiger partial charge is 0.255 e. The molecule has 1 heterocycles. The second-order valence-corrected chi connectivity index (χ2v) is 9.11. The molecule has 0 bridgehead atoms. The molecule has 0 aliphatic heterocycles. The summed E-state index contributed by atoms with van der Waals surface area (Å²) >= 11 is 0. The number of carbonyl (C=O) groups excluding carboxylic acids is 3. The number of ketones is 2. The molecular weight excluding hydrogens is 440 g/mol. The highest BCUT2D eigenvalue weighted by Crippen LogP contribution is 2.52. The van der Waals surface area contributed by atoms with Gasteiger partial charge >= 0.3 is 0 Å². The molecule has 0 spiro atoms. The number of aliphatic hydroxyl groups is 3. The first-order chi connectivity index (χ1) is 16.1. The molecule has 174 valence electrons. The third-order valence-corrected chi connectivity index (χ3v) is 7.13. The number of aromatic hydroxyl groups is 1. The normalized spacial score (nSPS) is 26.2. The molecule has 34 heavy (non-hydrogen) atoms. The monoisotopic (exact) mass is 462 g/mol. The second kappa shape index (κ2) is 7.26. The number of rotatable bonds is 2. The van der Waals surface area contributed by atoms with Crippen LogP contribution in [0.4, 0.5) is 0 Å². The summed E-state index contributed by atoms with van der Waals surface area (Å²) in [6.07, 6.45) is 1.66. The number of pyridine rings is 1. The van der Waals surface area contributed by atoms with Gasteiger partial charge < -0.3 is 26.2 Å². The average Bonchev–Trinajstić information content (AvgIpc) is 2.77. The highest BCUT2D eigenvalue weighted by Gasteiger charge is 2.60. The molecule has 6 N–H and O–H groups in total. The standard InChI is InChI=1S/C25H22N2O7/c1-10-2-4-15(27-9-10)13-3-5-16(28)19-14(13)7-11-6-12-8-17(29)20(24(26)33)23(32)25(12,34)22(31)18(11)21(19)30/h2-5,9,11-12,28,30,32,34H,6-8H2,1H3,(H2,26,33)/t11-,12+,25+/m1/s1. The number of phenols is 1. The van der Waals surface area contributed by atoms with Gasteiger partial charge in [-0.2, -0.15) is 0 Å². The van der Waals surface area contributed by atoms with Gasteiger partial charge in [-0.3, -0.25) is 19.4 Å². The Balaban J connectivity index is 1.70. The van der Waals surface area contributed by atoms with E-state index >= 15 is 0 Å². The van der Waals surface area contributed by atoms with Crippen molar-refractivity contribution >= 4 is 23.2 Å². The summed E-state index contributed by atoms with van der Waals surface area (Å²) in [6, 6.07) is 6.77. The molecule has 1 fully saturated rings. The van der Waals surface area contributed by atoms with Crippen LogP contribution in [0, 0.1) is 18.8 Å². The zero-order chi connectivity index (χ0) is 24.5. The minimum absolute atomic E-state index is 0.0482. The second-order valence-electron chi connectivity index (χ2n) is 9.11. The van der Waals surface area contributed by atoms with Crippen LogP contribution in [-0.2, 0) is 20.8 Å². The Morgan fingerprint density at radius 1 is 1.12 bits per heavy atom. The quantitative estimate of drug-likeness (QED) is 0.420. The molecule has 5 rings (SSSR count). The molecule has 3 atom stereocenters. The number of hydrogen-bond donors (Lipinski definition) is 5. The Morgan fingerprint density at radius 2 is 1.85 bits per heavy atom. The number of nitrogens with two attached hydrogens (primary N) is 1. The first-order valence-electron chi connectivity index (χ1n) is 10.8. The molecule has 3 aliphatic carbocycles. The van der Waals surface area contributed by atoms with E-state index in [1.165, 1.54) is 6.07 Å². The molecule has 1 saturated carbocycles. The predicted octanol–water partition coefficient (Wildman–Crippen LogP) is 1.79. The molecule has 2 aromatic rings. The van der Waals surface area contributed by atoms with Gasteiger partial charge in [0.25, 0.3) is 5.91 Å². The number of aryl methyl sites for hydroxylation is 1. The fourth-order valence-electron chi connectivity index (χ4n) is 5.49. The van der Waals surface area contributed by atoms with Gasteiger partial charge in [-0.05, 0) is 55.0 Å². The number of amides is 1. The van der Waals surface area contributed by atoms with Gasteiger partial charge in [0, 0.05) is 29.7 Å². The van der Waals surface area contributed by atoms with Crippen LogP contribution >= 0.6 is 0 Å². The van der Waals surface area contributed by atoms with E-state index in [2.05, 4.69) is 4.98 Å². The zero-order valence-electron chi connectivity index (χ0n) is 18.2. The van der Waals surface area contributed by atoms with Crippen molar-refractivity contribution in [3.05, 3.63) is 64.1 Å². The van der Waals surface area contributed by atoms with Gasteiger partial charge in [-0.15, -0.1) is 0 Å². The van der Waals surface area contributed by atoms with E-state index in [-0.39, 0.29) is 36.1 Å². The van der Waals surface area contributed by atoms with Crippen molar-refractivity contribution < 1.29 is 34.8 Å². The first kappa shape index (κ1) is 21.8. The lowest BCUT2D eigenvalue weighted by Crippen LogP contribution is -2.58. The van der Waals surface area contributed by atoms with Gasteiger partial charge in [-0.25, -0.2) is 0 Å². The van der Waals surface area contributed by atoms with E-state index in [4.69, 9.17) is 5.73 Å². The summed E-state index contributed by atoms with van der Waals surface area (Å²) in [7, 11) is 0. The molecule has 0 saturated heterocycles. The Bertz CT molecular complexity index is 1360. The lowest BCUT2D eigenvalue weighted by atomic mass is 9.59. The molecule has 0 radical (unpaired) electrons. The Labute approximate surface area is 193 Å². The number of nitrogens with zero attached hydrogens (tertiary/aromatic N) is 1. The molecule has 0 unspecified atom stereocenters. The van der Waals surface area contributed by atoms with E-state index in [1.807, 2.05) is 19.1 Å². The summed E-state index contributed by atoms with van der Waals surface area (Å²) in [5.41, 5.74) is 4.54. The number of benzene rings is 1. The minimum atomic E-state index is -2.57. The number of aliphatic hydroxyl groups excluding tert-OH is 2. The Morgan fingerprint density at radius 3 is 2.50 bits per heavy atom. The van der Waals surface area contributed by atoms with Crippen LogP contribution in [0.25, 0.3) is 17.0 Å². The molecule has 1 aromatic carbocycles. The van der Waals surface area contributed by atoms with Crippen LogP contribution in [0.1, 0.15) is 29.5 Å². The van der Waals surface area contributed by atoms with E-state index in [1.54, 1.807) is 12.3 Å². The maximum absolute atomic E-state index is 13.5. The van der Waals surface area contributed by atoms with Crippen molar-refractivity contribution in [3.8, 4) is 17.0 Å². The lowest BCUT2D eigenvalue weighted by molar-refractivity contribution is -0.147. The Hall–Kier alpha value is -3.98. The van der Waals surface area contributed by atoms with E-state index in [0.29, 0.717) is 16.8 Å². The average molecular weight is 462 g/mol. The SMILES string of the molecule is Cc1ccc(-c2ccc(O)c3c2C[C@H]2C[C@H]4CC(=O)C(C(N)=O)=C(O)[C@@]4(O)C(=O)C2=C3O)nc1. The molecule has 9 nitrogen and oxygen atoms in total. The fourth-order valence-corrected chi connectivity index (χ4v) is 5.49. The van der Waals surface area contributed by atoms with Gasteiger partial charge in [0.2, 0.25) is 5.78 Å². The topological polar surface area (TPSA) is 171 Å². The van der Waals surface area contributed by atoms with Crippen LogP contribution in [-0.4, -0.2) is 48.5 Å². The third kappa shape index (κ3) is 2.83. The number of phenolic OH excluding ortho intramolecular Hbond substituents is 1. The maximum Gasteiger partial charge on any atom is 0.255 e. The maximum atomic E-state index is 13.5. The number of Topliss-reactive ketones (excluding diaryl/α,β-unsaturated/α-hetero) is 2. The van der Waals surface area contributed by atoms with Crippen LogP contribution in [0.15, 0.2) is 47.4 Å². The number of carbonyl (C=O) groups is 3. The summed E-state index contributed by atoms with van der Waals surface area (Å²) in [5, 5.41) is 43.6. The number of fused-ring (bicyclic) bond motifs is 3. The highest BCUT2D eigenvalue weighted by molar-refractivity contribution is 6.22. The van der Waals surface area contributed by atoms with Crippen molar-refractivity contribution in [2.45, 2.75) is 31.8 Å². The van der Waals surface area contributed by atoms with Crippen molar-refractivity contribution in [2.75, 3.05) is 0 Å². The largest absolute Gasteiger partial charge is 0.508 e. The first-order valence-corrected chi connectivity index (χ1v) is 10.8. The van der Waals surface area contributed by atoms with Crippen molar-refractivity contribution in [1.29, 1.82) is 0 Å². The fraction of sp³-hybridized carbons (Fsp3) is 0.280. The number of primary amides is 1. The van der Waals surface area contributed by atoms with Gasteiger partial charge in [0.05, 0.1) is 11.3 Å². The summed E-state index contributed by atoms with van der Waals surface area (Å²) < 4.78 is 0. The molecule has 1 amide bonds. The van der Waals surface area contributed by atoms with Crippen LogP contribution < -0.4 is 5.73 Å². The highest BCUT2D eigenvalue weighted by atomic mass is 16.3. The van der Waals surface area contributed by atoms with E-state index in [9.17, 15) is 34.8 Å². The summed E-state index contributed by atoms with van der Waals surface area (Å²) in [5.74, 6) is -6.46. The summed E-state index contributed by atoms with van der Waals surface area (Å²) in [6.45, 7) is 1.90. The van der Waals surface area contributed by atoms with Crippen molar-refractivity contribution in [1.82, 2.24) is 4.98 Å². The molecule has 3 aliphatic rings. The van der Waals surface area contributed by atoms with Gasteiger partial charge in [-0.1, -0.05) is 6.07 Å². The predicted molar refractivity (Wildman–Crippen MR) is 119 cm³/mol. The molecular formula is C25H22N2O7. The van der Waals surface area contributed by atoms with Crippen molar-refractivity contribution in [2.24, 2.45) is 17.6 Å². The molecule has 9 heteroatoms. The summed E-state index contributed by atoms with van der Waals surface area (Å²) in [4.78, 5) is 42.1. The minimum Gasteiger partial charge on any atom is -0.508 e. The van der Waals surface area contributed by atoms with Gasteiger partial charge in [0.15, 0.2) is 11.4 Å². The van der Waals surface area contributed by atoms with Crippen LogP contribution in [0.2, 0.25) is 0 Å². The van der Waals surface area contributed by atoms with Crippen molar-refractivity contribution in [3.63, 3.8) is 0 Å². The number of aromatic nitrogens is 1. The van der Waals surface area contributed by atoms with Crippen LogP contribution in [0.3, 0.4) is 0 Å². The van der Waals surface area contributed by atoms with Gasteiger partial charge in [0.1, 0.15) is 22.8 Å². The lowest BCUT2D eigenvalue weighted by Gasteiger charge is -2.46. The molecule has 1 aromatic heterocycles. The zero-order valence-corrected chi connectivity index (χ0v) is 18.2. The Kier molecular flexibility index (Phi) is 4.66. The van der Waals surface area contributed by atoms with E-state index < -0.39 is 52.0 Å². The van der Waals surface area contributed by atoms with Crippen LogP contribution in [0.5, 0.6) is 5.75 Å².